The first-order valence-electron chi connectivity index (χ1n) is 4.85. The molecule has 7 heteroatoms. The largest absolute Gasteiger partial charge is 0.397 e. The maximum atomic E-state index is 13.1. The van der Waals surface area contributed by atoms with E-state index >= 15 is 0 Å². The molecule has 0 fully saturated rings. The van der Waals surface area contributed by atoms with E-state index < -0.39 is 18.8 Å². The molecular formula is C10H12ClF3N2O. The molecule has 1 aromatic rings. The number of anilines is 2. The van der Waals surface area contributed by atoms with Crippen LogP contribution >= 0.6 is 11.6 Å². The molecule has 0 aliphatic carbocycles. The third kappa shape index (κ3) is 4.70. The summed E-state index contributed by atoms with van der Waals surface area (Å²) in [5.41, 5.74) is 6.22. The molecule has 3 nitrogen and oxygen atoms in total. The average Bonchev–Trinajstić information content (AvgIpc) is 2.24. The zero-order valence-corrected chi connectivity index (χ0v) is 9.61. The van der Waals surface area contributed by atoms with Gasteiger partial charge in [-0.25, -0.2) is 13.2 Å². The summed E-state index contributed by atoms with van der Waals surface area (Å²) in [4.78, 5) is 0. The maximum absolute atomic E-state index is 13.1. The Morgan fingerprint density at radius 3 is 2.76 bits per heavy atom. The van der Waals surface area contributed by atoms with E-state index in [1.165, 1.54) is 6.07 Å². The van der Waals surface area contributed by atoms with Gasteiger partial charge in [-0.2, -0.15) is 0 Å². The number of hydrogen-bond donors (Lipinski definition) is 2. The van der Waals surface area contributed by atoms with Crippen molar-refractivity contribution < 1.29 is 17.9 Å². The van der Waals surface area contributed by atoms with E-state index in [4.69, 9.17) is 17.3 Å². The van der Waals surface area contributed by atoms with Crippen molar-refractivity contribution >= 4 is 23.0 Å². The molecular weight excluding hydrogens is 257 g/mol. The second kappa shape index (κ2) is 6.56. The minimum absolute atomic E-state index is 0.0676. The summed E-state index contributed by atoms with van der Waals surface area (Å²) in [5.74, 6) is -0.600. The lowest BCUT2D eigenvalue weighted by molar-refractivity contribution is 0.0215. The molecule has 0 aliphatic rings. The first kappa shape index (κ1) is 13.9. The fraction of sp³-hybridized carbons (Fsp3) is 0.400. The summed E-state index contributed by atoms with van der Waals surface area (Å²) >= 11 is 5.51. The zero-order chi connectivity index (χ0) is 12.8. The van der Waals surface area contributed by atoms with E-state index in [2.05, 4.69) is 10.1 Å². The van der Waals surface area contributed by atoms with Crippen LogP contribution in [0, 0.1) is 5.82 Å². The van der Waals surface area contributed by atoms with Crippen LogP contribution in [0.15, 0.2) is 12.1 Å². The van der Waals surface area contributed by atoms with E-state index in [9.17, 15) is 13.2 Å². The van der Waals surface area contributed by atoms with Crippen LogP contribution in [0.3, 0.4) is 0 Å². The quantitative estimate of drug-likeness (QED) is 0.616. The maximum Gasteiger partial charge on any atom is 0.261 e. The van der Waals surface area contributed by atoms with E-state index in [-0.39, 0.29) is 23.9 Å². The van der Waals surface area contributed by atoms with Crippen molar-refractivity contribution in [3.63, 3.8) is 0 Å². The summed E-state index contributed by atoms with van der Waals surface area (Å²) in [6.07, 6.45) is -2.49. The SMILES string of the molecule is Nc1cc(Cl)c(F)cc1NCCOCC(F)F. The van der Waals surface area contributed by atoms with Crippen LogP contribution < -0.4 is 11.1 Å². The Kier molecular flexibility index (Phi) is 5.37. The van der Waals surface area contributed by atoms with Crippen LogP contribution in [0.5, 0.6) is 0 Å². The molecule has 0 atom stereocenters. The van der Waals surface area contributed by atoms with Crippen LogP contribution in [-0.2, 0) is 4.74 Å². The van der Waals surface area contributed by atoms with Crippen molar-refractivity contribution in [1.29, 1.82) is 0 Å². The molecule has 0 unspecified atom stereocenters. The predicted molar refractivity (Wildman–Crippen MR) is 61.1 cm³/mol. The van der Waals surface area contributed by atoms with Gasteiger partial charge in [-0.15, -0.1) is 0 Å². The Morgan fingerprint density at radius 2 is 2.12 bits per heavy atom. The minimum atomic E-state index is -2.49. The van der Waals surface area contributed by atoms with Gasteiger partial charge in [-0.05, 0) is 6.07 Å². The molecule has 0 radical (unpaired) electrons. The highest BCUT2D eigenvalue weighted by Crippen LogP contribution is 2.25. The standard InChI is InChI=1S/C10H12ClF3N2O/c11-6-3-8(15)9(4-7(6)12)16-1-2-17-5-10(13)14/h3-4,10,16H,1-2,5,15H2. The highest BCUT2D eigenvalue weighted by molar-refractivity contribution is 6.31. The molecule has 0 saturated carbocycles. The summed E-state index contributed by atoms with van der Waals surface area (Å²) < 4.78 is 41.2. The normalized spacial score (nSPS) is 10.9. The van der Waals surface area contributed by atoms with Gasteiger partial charge >= 0.3 is 0 Å². The van der Waals surface area contributed by atoms with Gasteiger partial charge in [0.2, 0.25) is 0 Å². The molecule has 0 aliphatic heterocycles. The Labute approximate surface area is 102 Å². The van der Waals surface area contributed by atoms with Crippen molar-refractivity contribution in [3.8, 4) is 0 Å². The third-order valence-corrected chi connectivity index (χ3v) is 2.19. The monoisotopic (exact) mass is 268 g/mol. The average molecular weight is 269 g/mol. The second-order valence-electron chi connectivity index (χ2n) is 3.25. The number of ether oxygens (including phenoxy) is 1. The lowest BCUT2D eigenvalue weighted by Crippen LogP contribution is -2.14. The van der Waals surface area contributed by atoms with Crippen LogP contribution in [0.25, 0.3) is 0 Å². The van der Waals surface area contributed by atoms with Crippen molar-refractivity contribution in [1.82, 2.24) is 0 Å². The highest BCUT2D eigenvalue weighted by atomic mass is 35.5. The summed E-state index contributed by atoms with van der Waals surface area (Å²) in [7, 11) is 0. The number of rotatable bonds is 6. The topological polar surface area (TPSA) is 47.3 Å². The number of nitrogen functional groups attached to an aromatic ring is 1. The molecule has 17 heavy (non-hydrogen) atoms. The molecule has 96 valence electrons. The molecule has 3 N–H and O–H groups in total. The Morgan fingerprint density at radius 1 is 1.41 bits per heavy atom. The van der Waals surface area contributed by atoms with Gasteiger partial charge in [-0.3, -0.25) is 0 Å². The lowest BCUT2D eigenvalue weighted by Gasteiger charge is -2.10. The highest BCUT2D eigenvalue weighted by Gasteiger charge is 2.06. The number of halogens is 4. The summed E-state index contributed by atoms with van der Waals surface area (Å²) in [6, 6.07) is 2.42. The predicted octanol–water partition coefficient (Wildman–Crippen LogP) is 2.75. The van der Waals surface area contributed by atoms with Crippen molar-refractivity contribution in [2.75, 3.05) is 30.8 Å². The fourth-order valence-electron chi connectivity index (χ4n) is 1.15. The first-order valence-corrected chi connectivity index (χ1v) is 5.22. The van der Waals surface area contributed by atoms with Crippen LogP contribution in [0.2, 0.25) is 5.02 Å². The smallest absolute Gasteiger partial charge is 0.261 e. The first-order chi connectivity index (χ1) is 8.00. The summed E-state index contributed by atoms with van der Waals surface area (Å²) in [6.45, 7) is -0.293. The van der Waals surface area contributed by atoms with Gasteiger partial charge in [0, 0.05) is 12.6 Å². The van der Waals surface area contributed by atoms with Crippen molar-refractivity contribution in [2.24, 2.45) is 0 Å². The summed E-state index contributed by atoms with van der Waals surface area (Å²) in [5, 5.41) is 2.69. The third-order valence-electron chi connectivity index (χ3n) is 1.90. The fourth-order valence-corrected chi connectivity index (χ4v) is 1.32. The zero-order valence-electron chi connectivity index (χ0n) is 8.85. The molecule has 0 spiro atoms. The van der Waals surface area contributed by atoms with Gasteiger partial charge < -0.3 is 15.8 Å². The Balaban J connectivity index is 2.39. The van der Waals surface area contributed by atoms with E-state index in [0.717, 1.165) is 6.07 Å². The van der Waals surface area contributed by atoms with Gasteiger partial charge in [0.15, 0.2) is 0 Å². The second-order valence-corrected chi connectivity index (χ2v) is 3.65. The molecule has 0 amide bonds. The number of nitrogens with one attached hydrogen (secondary N) is 1. The van der Waals surface area contributed by atoms with Gasteiger partial charge in [0.25, 0.3) is 6.43 Å². The molecule has 1 aromatic carbocycles. The van der Waals surface area contributed by atoms with Gasteiger partial charge in [0.05, 0.1) is 23.0 Å². The molecule has 0 heterocycles. The van der Waals surface area contributed by atoms with Crippen LogP contribution in [0.1, 0.15) is 0 Å². The molecule has 1 rings (SSSR count). The number of nitrogens with two attached hydrogens (primary N) is 1. The van der Waals surface area contributed by atoms with Crippen LogP contribution in [-0.4, -0.2) is 26.2 Å². The molecule has 0 aromatic heterocycles. The van der Waals surface area contributed by atoms with Crippen molar-refractivity contribution in [2.45, 2.75) is 6.43 Å². The van der Waals surface area contributed by atoms with E-state index in [1.54, 1.807) is 0 Å². The van der Waals surface area contributed by atoms with Crippen LogP contribution in [0.4, 0.5) is 24.5 Å². The Hall–Kier alpha value is -1.14. The minimum Gasteiger partial charge on any atom is -0.397 e. The number of alkyl halides is 2. The van der Waals surface area contributed by atoms with E-state index in [0.29, 0.717) is 5.69 Å². The lowest BCUT2D eigenvalue weighted by atomic mass is 10.2. The Bertz CT molecular complexity index is 377. The van der Waals surface area contributed by atoms with Crippen molar-refractivity contribution in [3.05, 3.63) is 23.0 Å². The van der Waals surface area contributed by atoms with E-state index in [1.807, 2.05) is 0 Å². The molecule has 0 bridgehead atoms. The molecule has 0 saturated heterocycles. The number of hydrogen-bond acceptors (Lipinski definition) is 3. The van der Waals surface area contributed by atoms with Gasteiger partial charge in [-0.1, -0.05) is 11.6 Å². The van der Waals surface area contributed by atoms with Gasteiger partial charge in [0.1, 0.15) is 12.4 Å². The number of benzene rings is 1.